The first-order valence-corrected chi connectivity index (χ1v) is 8.11. The van der Waals surface area contributed by atoms with Gasteiger partial charge in [-0.1, -0.05) is 13.8 Å². The maximum absolute atomic E-state index is 5.94. The second-order valence-electron chi connectivity index (χ2n) is 5.62. The minimum absolute atomic E-state index is 0.330. The molecule has 0 bridgehead atoms. The number of hydrogen-bond donors (Lipinski definition) is 1. The molecule has 1 aromatic rings. The van der Waals surface area contributed by atoms with Gasteiger partial charge in [0, 0.05) is 38.7 Å². The number of aromatic nitrogens is 2. The molecule has 0 radical (unpaired) electrons. The summed E-state index contributed by atoms with van der Waals surface area (Å²) < 4.78 is 5.94. The van der Waals surface area contributed by atoms with Gasteiger partial charge in [0.15, 0.2) is 0 Å². The molecule has 0 spiro atoms. The predicted octanol–water partition coefficient (Wildman–Crippen LogP) is 2.78. The van der Waals surface area contributed by atoms with Crippen LogP contribution in [0.15, 0.2) is 0 Å². The van der Waals surface area contributed by atoms with Crippen molar-refractivity contribution in [2.45, 2.75) is 52.6 Å². The Morgan fingerprint density at radius 3 is 2.81 bits per heavy atom. The lowest BCUT2D eigenvalue weighted by Crippen LogP contribution is -2.41. The van der Waals surface area contributed by atoms with Crippen LogP contribution in [0.25, 0.3) is 0 Å². The largest absolute Gasteiger partial charge is 0.376 e. The van der Waals surface area contributed by atoms with E-state index in [0.717, 1.165) is 68.4 Å². The second-order valence-corrected chi connectivity index (χ2v) is 5.62. The van der Waals surface area contributed by atoms with Crippen molar-refractivity contribution in [1.29, 1.82) is 0 Å². The van der Waals surface area contributed by atoms with Crippen LogP contribution in [0.4, 0.5) is 11.6 Å². The van der Waals surface area contributed by atoms with Gasteiger partial charge in [0.05, 0.1) is 6.10 Å². The van der Waals surface area contributed by atoms with E-state index in [2.05, 4.69) is 36.0 Å². The molecule has 0 aliphatic carbocycles. The Morgan fingerprint density at radius 2 is 2.14 bits per heavy atom. The average molecular weight is 292 g/mol. The predicted molar refractivity (Wildman–Crippen MR) is 87.2 cm³/mol. The molecule has 2 rings (SSSR count). The Morgan fingerprint density at radius 1 is 1.33 bits per heavy atom. The molecule has 0 saturated carbocycles. The van der Waals surface area contributed by atoms with Crippen molar-refractivity contribution >= 4 is 11.6 Å². The molecule has 1 aliphatic heterocycles. The summed E-state index contributed by atoms with van der Waals surface area (Å²) in [5.74, 6) is 2.90. The van der Waals surface area contributed by atoms with Crippen molar-refractivity contribution in [1.82, 2.24) is 9.97 Å². The zero-order chi connectivity index (χ0) is 15.2. The van der Waals surface area contributed by atoms with Crippen molar-refractivity contribution in [3.63, 3.8) is 0 Å². The third-order valence-electron chi connectivity index (χ3n) is 3.95. The van der Waals surface area contributed by atoms with Gasteiger partial charge in [-0.25, -0.2) is 9.97 Å². The first-order valence-electron chi connectivity index (χ1n) is 8.11. The molecule has 1 atom stereocenters. The van der Waals surface area contributed by atoms with E-state index in [0.29, 0.717) is 6.10 Å². The highest BCUT2D eigenvalue weighted by molar-refractivity contribution is 5.58. The molecule has 0 aromatic carbocycles. The van der Waals surface area contributed by atoms with Gasteiger partial charge < -0.3 is 15.0 Å². The van der Waals surface area contributed by atoms with Gasteiger partial charge in [-0.05, 0) is 26.2 Å². The highest BCUT2D eigenvalue weighted by atomic mass is 16.5. The zero-order valence-corrected chi connectivity index (χ0v) is 13.8. The van der Waals surface area contributed by atoms with Gasteiger partial charge in [-0.15, -0.1) is 0 Å². The van der Waals surface area contributed by atoms with Crippen LogP contribution < -0.4 is 10.2 Å². The van der Waals surface area contributed by atoms with Crippen molar-refractivity contribution in [3.8, 4) is 0 Å². The van der Waals surface area contributed by atoms with Gasteiger partial charge in [0.2, 0.25) is 0 Å². The van der Waals surface area contributed by atoms with E-state index in [1.807, 2.05) is 7.05 Å². The third kappa shape index (κ3) is 3.84. The molecule has 1 saturated heterocycles. The maximum atomic E-state index is 5.94. The van der Waals surface area contributed by atoms with Crippen LogP contribution >= 0.6 is 0 Å². The molecule has 21 heavy (non-hydrogen) atoms. The van der Waals surface area contributed by atoms with E-state index in [-0.39, 0.29) is 0 Å². The molecule has 118 valence electrons. The van der Waals surface area contributed by atoms with Crippen LogP contribution in [0.5, 0.6) is 0 Å². The smallest absolute Gasteiger partial charge is 0.137 e. The van der Waals surface area contributed by atoms with E-state index in [1.165, 1.54) is 0 Å². The van der Waals surface area contributed by atoms with Gasteiger partial charge in [0.25, 0.3) is 0 Å². The molecule has 5 nitrogen and oxygen atoms in total. The number of aryl methyl sites for hydroxylation is 1. The van der Waals surface area contributed by atoms with Crippen LogP contribution in [0, 0.1) is 6.92 Å². The van der Waals surface area contributed by atoms with E-state index in [1.54, 1.807) is 0 Å². The fourth-order valence-electron chi connectivity index (χ4n) is 2.81. The fourth-order valence-corrected chi connectivity index (χ4v) is 2.81. The minimum Gasteiger partial charge on any atom is -0.376 e. The number of ether oxygens (including phenoxy) is 1. The van der Waals surface area contributed by atoms with Gasteiger partial charge in [-0.2, -0.15) is 0 Å². The molecule has 1 aliphatic rings. The molecular weight excluding hydrogens is 264 g/mol. The second kappa shape index (κ2) is 7.59. The fraction of sp³-hybridized carbons (Fsp3) is 0.750. The number of nitrogens with zero attached hydrogens (tertiary/aromatic N) is 3. The molecule has 1 unspecified atom stereocenters. The standard InChI is InChI=1S/C16H28N4O/c1-5-10-21-13-8-7-9-20(11-13)16-12(3)15(17-4)18-14(6-2)19-16/h13H,5-11H2,1-4H3,(H,17,18,19). The Bertz CT molecular complexity index is 464. The Hall–Kier alpha value is -1.36. The number of hydrogen-bond acceptors (Lipinski definition) is 5. The van der Waals surface area contributed by atoms with Gasteiger partial charge in [0.1, 0.15) is 17.5 Å². The summed E-state index contributed by atoms with van der Waals surface area (Å²) in [4.78, 5) is 11.7. The van der Waals surface area contributed by atoms with Crippen molar-refractivity contribution in [2.75, 3.05) is 37.0 Å². The van der Waals surface area contributed by atoms with E-state index in [4.69, 9.17) is 9.72 Å². The summed E-state index contributed by atoms with van der Waals surface area (Å²) in [5, 5.41) is 3.19. The normalized spacial score (nSPS) is 18.9. The molecule has 2 heterocycles. The van der Waals surface area contributed by atoms with Crippen molar-refractivity contribution in [3.05, 3.63) is 11.4 Å². The maximum Gasteiger partial charge on any atom is 0.137 e. The first-order chi connectivity index (χ1) is 10.2. The molecule has 5 heteroatoms. The minimum atomic E-state index is 0.330. The van der Waals surface area contributed by atoms with Gasteiger partial charge >= 0.3 is 0 Å². The summed E-state index contributed by atoms with van der Waals surface area (Å²) >= 11 is 0. The van der Waals surface area contributed by atoms with Gasteiger partial charge in [-0.3, -0.25) is 0 Å². The third-order valence-corrected chi connectivity index (χ3v) is 3.95. The highest BCUT2D eigenvalue weighted by Crippen LogP contribution is 2.27. The number of nitrogens with one attached hydrogen (secondary N) is 1. The van der Waals surface area contributed by atoms with Crippen LogP contribution in [-0.2, 0) is 11.2 Å². The topological polar surface area (TPSA) is 50.3 Å². The lowest BCUT2D eigenvalue weighted by Gasteiger charge is -2.34. The summed E-state index contributed by atoms with van der Waals surface area (Å²) in [6, 6.07) is 0. The van der Waals surface area contributed by atoms with Crippen LogP contribution in [-0.4, -0.2) is 42.8 Å². The van der Waals surface area contributed by atoms with E-state index < -0.39 is 0 Å². The molecule has 0 amide bonds. The van der Waals surface area contributed by atoms with E-state index in [9.17, 15) is 0 Å². The van der Waals surface area contributed by atoms with Crippen LogP contribution in [0.1, 0.15) is 44.5 Å². The average Bonchev–Trinajstić information content (AvgIpc) is 2.53. The summed E-state index contributed by atoms with van der Waals surface area (Å²) in [6.45, 7) is 9.18. The number of rotatable bonds is 6. The summed E-state index contributed by atoms with van der Waals surface area (Å²) in [6.07, 6.45) is 4.57. The Kier molecular flexibility index (Phi) is 5.79. The van der Waals surface area contributed by atoms with Crippen LogP contribution in [0.2, 0.25) is 0 Å². The number of piperidine rings is 1. The molecule has 1 fully saturated rings. The summed E-state index contributed by atoms with van der Waals surface area (Å²) in [5.41, 5.74) is 1.13. The quantitative estimate of drug-likeness (QED) is 0.873. The lowest BCUT2D eigenvalue weighted by molar-refractivity contribution is 0.0439. The highest BCUT2D eigenvalue weighted by Gasteiger charge is 2.24. The zero-order valence-electron chi connectivity index (χ0n) is 13.8. The SMILES string of the molecule is CCCOC1CCCN(c2nc(CC)nc(NC)c2C)C1. The van der Waals surface area contributed by atoms with Crippen molar-refractivity contribution in [2.24, 2.45) is 0 Å². The summed E-state index contributed by atoms with van der Waals surface area (Å²) in [7, 11) is 1.92. The Labute approximate surface area is 128 Å². The monoisotopic (exact) mass is 292 g/mol. The Balaban J connectivity index is 2.19. The molecular formula is C16H28N4O. The first kappa shape index (κ1) is 16.0. The van der Waals surface area contributed by atoms with E-state index >= 15 is 0 Å². The lowest BCUT2D eigenvalue weighted by atomic mass is 10.1. The van der Waals surface area contributed by atoms with Crippen LogP contribution in [0.3, 0.4) is 0 Å². The number of anilines is 2. The van der Waals surface area contributed by atoms with Crippen molar-refractivity contribution < 1.29 is 4.74 Å². The molecule has 1 aromatic heterocycles. The molecule has 1 N–H and O–H groups in total.